The molecule has 0 bridgehead atoms. The van der Waals surface area contributed by atoms with E-state index in [1.54, 1.807) is 0 Å². The quantitative estimate of drug-likeness (QED) is 0.0627. The van der Waals surface area contributed by atoms with Gasteiger partial charge < -0.3 is 26.0 Å². The molecule has 0 spiro atoms. The van der Waals surface area contributed by atoms with Crippen LogP contribution < -0.4 is 10.6 Å². The number of nitriles is 1. The van der Waals surface area contributed by atoms with Crippen molar-refractivity contribution in [2.75, 3.05) is 17.7 Å². The van der Waals surface area contributed by atoms with Gasteiger partial charge in [0.05, 0.1) is 45.4 Å². The summed E-state index contributed by atoms with van der Waals surface area (Å²) in [5.74, 6) is -3.82. The third-order valence-corrected chi connectivity index (χ3v) is 8.71. The van der Waals surface area contributed by atoms with Gasteiger partial charge in [0.1, 0.15) is 11.9 Å². The van der Waals surface area contributed by atoms with E-state index in [0.717, 1.165) is 43.3 Å². The molecule has 0 aliphatic heterocycles. The molecule has 0 fully saturated rings. The molecule has 0 aromatic heterocycles. The maximum atomic E-state index is 13.0. The van der Waals surface area contributed by atoms with E-state index in [9.17, 15) is 55.9 Å². The molecule has 0 saturated carbocycles. The molecule has 0 aliphatic rings. The highest BCUT2D eigenvalue weighted by atomic mass is 35.5. The van der Waals surface area contributed by atoms with Crippen LogP contribution in [0.5, 0.6) is 0 Å². The van der Waals surface area contributed by atoms with E-state index in [4.69, 9.17) is 33.6 Å². The second kappa shape index (κ2) is 16.8. The number of carbonyl (C=O) groups excluding carboxylic acids is 2. The number of anilines is 1. The molecule has 0 aliphatic carbocycles. The number of nitro groups is 1. The van der Waals surface area contributed by atoms with Gasteiger partial charge in [0.25, 0.3) is 17.5 Å². The Morgan fingerprint density at radius 2 is 1.63 bits per heavy atom. The summed E-state index contributed by atoms with van der Waals surface area (Å²) in [7, 11) is -4.21. The maximum Gasteiger partial charge on any atom is 0.417 e. The van der Waals surface area contributed by atoms with Crippen LogP contribution in [0.15, 0.2) is 71.6 Å². The molecule has 0 saturated heterocycles. The summed E-state index contributed by atoms with van der Waals surface area (Å²) in [4.78, 5) is 31.9. The number of halogens is 6. The average Bonchev–Trinajstić information content (AvgIpc) is 3.02. The first kappa shape index (κ1) is 40.8. The lowest BCUT2D eigenvalue weighted by Crippen LogP contribution is -2.45. The number of alkyl halides is 5. The van der Waals surface area contributed by atoms with Gasteiger partial charge in [0.2, 0.25) is 0 Å². The molecular formula is C29H26Cl2F4N4O9S. The Morgan fingerprint density at radius 3 is 2.10 bits per heavy atom. The molecule has 3 atom stereocenters. The monoisotopic (exact) mass is 752 g/mol. The molecule has 264 valence electrons. The summed E-state index contributed by atoms with van der Waals surface area (Å²) in [5, 5.41) is 53.0. The van der Waals surface area contributed by atoms with Gasteiger partial charge in [-0.2, -0.15) is 18.4 Å². The van der Waals surface area contributed by atoms with Crippen molar-refractivity contribution in [1.29, 1.82) is 5.26 Å². The molecule has 20 heteroatoms. The molecule has 3 aromatic carbocycles. The number of benzene rings is 3. The van der Waals surface area contributed by atoms with E-state index in [1.807, 2.05) is 5.32 Å². The van der Waals surface area contributed by atoms with Gasteiger partial charge in [-0.05, 0) is 67.1 Å². The number of aliphatic hydroxyl groups excluding tert-OH is 2. The molecule has 5 N–H and O–H groups in total. The third-order valence-electron chi connectivity index (χ3n) is 6.39. The third kappa shape index (κ3) is 11.6. The van der Waals surface area contributed by atoms with E-state index < -0.39 is 84.6 Å². The van der Waals surface area contributed by atoms with Gasteiger partial charge in [0, 0.05) is 17.8 Å². The van der Waals surface area contributed by atoms with Crippen molar-refractivity contribution in [3.8, 4) is 6.07 Å². The summed E-state index contributed by atoms with van der Waals surface area (Å²) >= 11 is 10.7. The van der Waals surface area contributed by atoms with Crippen LogP contribution in [0.4, 0.5) is 28.9 Å². The zero-order valence-corrected chi connectivity index (χ0v) is 27.2. The van der Waals surface area contributed by atoms with Gasteiger partial charge >= 0.3 is 6.18 Å². The number of rotatable bonds is 11. The number of nitro benzene ring substituents is 1. The summed E-state index contributed by atoms with van der Waals surface area (Å²) in [6, 6.07) is 11.5. The van der Waals surface area contributed by atoms with Crippen LogP contribution in [-0.4, -0.2) is 69.3 Å². The zero-order valence-electron chi connectivity index (χ0n) is 24.9. The lowest BCUT2D eigenvalue weighted by molar-refractivity contribution is -0.384. The first-order valence-electron chi connectivity index (χ1n) is 13.4. The van der Waals surface area contributed by atoms with Crippen molar-refractivity contribution < 1.29 is 55.8 Å². The Hall–Kier alpha value is -4.38. The highest BCUT2D eigenvalue weighted by Gasteiger charge is 2.38. The highest BCUT2D eigenvalue weighted by Crippen LogP contribution is 2.34. The van der Waals surface area contributed by atoms with Gasteiger partial charge in [-0.15, -0.1) is 0 Å². The smallest absolute Gasteiger partial charge is 0.394 e. The number of non-ortho nitro benzene ring substituents is 1. The van der Waals surface area contributed by atoms with E-state index in [2.05, 4.69) is 5.32 Å². The predicted octanol–water partition coefficient (Wildman–Crippen LogP) is 3.79. The second-order valence-electron chi connectivity index (χ2n) is 10.2. The summed E-state index contributed by atoms with van der Waals surface area (Å²) in [6.07, 6.45) is -6.11. The standard InChI is InChI=1S/C18H14F4N2O4S.C11H12Cl2N2O5/c1-17(26,10-29(27,28)14-6-3-12(19)4-7-14)16(25)24-13-5-2-11(9-23)15(8-13)18(20,21)22;12-10(13)11(18)14-8(5-16)9(17)6-1-3-7(4-2-6)15(19)20/h2-8,26H,10H2,1H3,(H,24,25);1-4,8-10,16-17H,5H2,(H,14,18)/t17-;8-,9-/m01/s1. The van der Waals surface area contributed by atoms with Crippen LogP contribution in [0.1, 0.15) is 29.7 Å². The van der Waals surface area contributed by atoms with Crippen LogP contribution in [0.25, 0.3) is 0 Å². The number of nitrogens with zero attached hydrogens (tertiary/aromatic N) is 2. The average molecular weight is 754 g/mol. The Morgan fingerprint density at radius 1 is 1.06 bits per heavy atom. The molecule has 3 aromatic rings. The first-order valence-corrected chi connectivity index (χ1v) is 15.9. The van der Waals surface area contributed by atoms with Gasteiger partial charge in [-0.1, -0.05) is 23.2 Å². The molecule has 2 amide bonds. The van der Waals surface area contributed by atoms with E-state index in [0.29, 0.717) is 11.6 Å². The number of nitrogens with one attached hydrogen (secondary N) is 2. The Kier molecular flexibility index (Phi) is 14.0. The highest BCUT2D eigenvalue weighted by molar-refractivity contribution is 7.91. The molecule has 0 radical (unpaired) electrons. The normalized spacial score (nSPS) is 13.9. The number of hydrogen-bond acceptors (Lipinski definition) is 10. The number of hydrogen-bond donors (Lipinski definition) is 5. The van der Waals surface area contributed by atoms with Crippen LogP contribution in [0.2, 0.25) is 0 Å². The fourth-order valence-electron chi connectivity index (χ4n) is 3.88. The van der Waals surface area contributed by atoms with Crippen molar-refractivity contribution in [2.24, 2.45) is 0 Å². The van der Waals surface area contributed by atoms with E-state index in [1.165, 1.54) is 30.3 Å². The zero-order chi connectivity index (χ0) is 37.3. The minimum absolute atomic E-state index is 0.132. The maximum absolute atomic E-state index is 13.0. The van der Waals surface area contributed by atoms with Crippen molar-refractivity contribution in [2.45, 2.75) is 40.6 Å². The Bertz CT molecular complexity index is 1800. The molecule has 0 unspecified atom stereocenters. The van der Waals surface area contributed by atoms with Crippen molar-refractivity contribution in [3.63, 3.8) is 0 Å². The van der Waals surface area contributed by atoms with E-state index >= 15 is 0 Å². The summed E-state index contributed by atoms with van der Waals surface area (Å²) < 4.78 is 76.6. The largest absolute Gasteiger partial charge is 0.417 e. The summed E-state index contributed by atoms with van der Waals surface area (Å²) in [5.41, 5.74) is -4.69. The summed E-state index contributed by atoms with van der Waals surface area (Å²) in [6.45, 7) is 0.322. The van der Waals surface area contributed by atoms with Gasteiger partial charge in [0.15, 0.2) is 20.3 Å². The van der Waals surface area contributed by atoms with Gasteiger partial charge in [-0.25, -0.2) is 12.8 Å². The fourth-order valence-corrected chi connectivity index (χ4v) is 5.59. The predicted molar refractivity (Wildman–Crippen MR) is 166 cm³/mol. The van der Waals surface area contributed by atoms with Crippen LogP contribution in [-0.2, 0) is 25.6 Å². The van der Waals surface area contributed by atoms with Crippen LogP contribution >= 0.6 is 23.2 Å². The van der Waals surface area contributed by atoms with Crippen molar-refractivity contribution in [1.82, 2.24) is 5.32 Å². The van der Waals surface area contributed by atoms with Crippen LogP contribution in [0.3, 0.4) is 0 Å². The fraction of sp³-hybridized carbons (Fsp3) is 0.276. The lowest BCUT2D eigenvalue weighted by atomic mass is 10.0. The number of amides is 2. The molecular weight excluding hydrogens is 727 g/mol. The van der Waals surface area contributed by atoms with Crippen molar-refractivity contribution >= 4 is 56.2 Å². The SMILES string of the molecule is C[C@](O)(CS(=O)(=O)c1ccc(F)cc1)C(=O)Nc1ccc(C#N)c(C(F)(F)F)c1.O=C(N[C@H](CO)[C@H](O)c1ccc([N+](=O)[O-])cc1)C(Cl)Cl. The topological polar surface area (TPSA) is 220 Å². The van der Waals surface area contributed by atoms with Crippen molar-refractivity contribution in [3.05, 3.63) is 99.4 Å². The lowest BCUT2D eigenvalue weighted by Gasteiger charge is -2.22. The Labute approximate surface area is 285 Å². The number of sulfone groups is 1. The van der Waals surface area contributed by atoms with Gasteiger partial charge in [-0.3, -0.25) is 19.7 Å². The van der Waals surface area contributed by atoms with E-state index in [-0.39, 0.29) is 16.3 Å². The minimum Gasteiger partial charge on any atom is -0.394 e. The first-order chi connectivity index (χ1) is 22.6. The molecule has 13 nitrogen and oxygen atoms in total. The Balaban J connectivity index is 0.000000365. The molecule has 3 rings (SSSR count). The number of carbonyl (C=O) groups is 2. The second-order valence-corrected chi connectivity index (χ2v) is 13.3. The molecule has 0 heterocycles. The van der Waals surface area contributed by atoms with Crippen LogP contribution in [0, 0.1) is 27.3 Å². The minimum atomic E-state index is -4.86. The molecule has 49 heavy (non-hydrogen) atoms. The number of aliphatic hydroxyl groups is 3.